The maximum absolute atomic E-state index is 13.3. The van der Waals surface area contributed by atoms with Crippen LogP contribution in [0, 0.1) is 17.8 Å². The Morgan fingerprint density at radius 1 is 1.08 bits per heavy atom. The molecule has 3 atom stereocenters. The Bertz CT molecular complexity index is 725. The van der Waals surface area contributed by atoms with Crippen molar-refractivity contribution < 1.29 is 19.0 Å². The second-order valence-corrected chi connectivity index (χ2v) is 7.84. The van der Waals surface area contributed by atoms with Gasteiger partial charge in [-0.2, -0.15) is 0 Å². The number of fused-ring (bicyclic) bond motifs is 3. The zero-order valence-corrected chi connectivity index (χ0v) is 14.9. The van der Waals surface area contributed by atoms with E-state index in [-0.39, 0.29) is 12.2 Å². The van der Waals surface area contributed by atoms with Gasteiger partial charge in [0, 0.05) is 18.5 Å². The maximum Gasteiger partial charge on any atom is 0.254 e. The van der Waals surface area contributed by atoms with Crippen molar-refractivity contribution in [3.63, 3.8) is 0 Å². The molecule has 5 rings (SSSR count). The molecule has 0 aromatic heterocycles. The largest absolute Gasteiger partial charge is 0.493 e. The summed E-state index contributed by atoms with van der Waals surface area (Å²) in [5, 5.41) is 0. The van der Waals surface area contributed by atoms with E-state index in [0.29, 0.717) is 44.1 Å². The standard InChI is InChI=1S/C21H25NO4/c23-21(17-3-4-19-16(11-17)5-6-24-19)22(13-20-25-7-8-26-20)12-18-10-14-1-2-15(18)9-14/h1-4,11,14-15,18,20H,5-10,12-13H2/t14-,15-,18+/m0/s1. The summed E-state index contributed by atoms with van der Waals surface area (Å²) >= 11 is 0. The summed E-state index contributed by atoms with van der Waals surface area (Å²) in [6.45, 7) is 3.21. The zero-order valence-electron chi connectivity index (χ0n) is 14.9. The van der Waals surface area contributed by atoms with Gasteiger partial charge in [0.2, 0.25) is 0 Å². The monoisotopic (exact) mass is 355 g/mol. The number of rotatable bonds is 5. The van der Waals surface area contributed by atoms with Crippen LogP contribution in [0.2, 0.25) is 0 Å². The van der Waals surface area contributed by atoms with E-state index in [1.807, 2.05) is 23.1 Å². The van der Waals surface area contributed by atoms with Crippen LogP contribution in [-0.2, 0) is 15.9 Å². The highest BCUT2D eigenvalue weighted by atomic mass is 16.7. The van der Waals surface area contributed by atoms with Gasteiger partial charge in [-0.3, -0.25) is 4.79 Å². The highest BCUT2D eigenvalue weighted by Gasteiger charge is 2.38. The molecule has 2 heterocycles. The predicted molar refractivity (Wildman–Crippen MR) is 96.1 cm³/mol. The molecule has 26 heavy (non-hydrogen) atoms. The summed E-state index contributed by atoms with van der Waals surface area (Å²) in [4.78, 5) is 15.2. The van der Waals surface area contributed by atoms with Crippen molar-refractivity contribution in [1.29, 1.82) is 0 Å². The molecule has 2 aliphatic carbocycles. The fourth-order valence-electron chi connectivity index (χ4n) is 4.82. The van der Waals surface area contributed by atoms with Crippen LogP contribution in [0.4, 0.5) is 0 Å². The highest BCUT2D eigenvalue weighted by molar-refractivity contribution is 5.94. The minimum atomic E-state index is -0.300. The number of nitrogens with zero attached hydrogens (tertiary/aromatic N) is 1. The lowest BCUT2D eigenvalue weighted by Crippen LogP contribution is -2.41. The SMILES string of the molecule is O=C(c1ccc2c(c1)CCO2)N(CC1OCCO1)C[C@H]1C[C@H]2C=C[C@H]1C2. The summed E-state index contributed by atoms with van der Waals surface area (Å²) in [7, 11) is 0. The molecule has 0 radical (unpaired) electrons. The smallest absolute Gasteiger partial charge is 0.254 e. The molecule has 2 fully saturated rings. The number of allylic oxidation sites excluding steroid dienone is 2. The van der Waals surface area contributed by atoms with E-state index in [0.717, 1.165) is 29.8 Å². The molecule has 2 bridgehead atoms. The highest BCUT2D eigenvalue weighted by Crippen LogP contribution is 2.43. The van der Waals surface area contributed by atoms with E-state index in [9.17, 15) is 4.79 Å². The summed E-state index contributed by atoms with van der Waals surface area (Å²) in [6, 6.07) is 5.81. The molecule has 0 unspecified atom stereocenters. The van der Waals surface area contributed by atoms with Crippen LogP contribution < -0.4 is 4.74 Å². The summed E-state index contributed by atoms with van der Waals surface area (Å²) < 4.78 is 16.8. The molecule has 1 amide bonds. The van der Waals surface area contributed by atoms with Gasteiger partial charge in [-0.1, -0.05) is 12.2 Å². The Hall–Kier alpha value is -1.85. The molecule has 138 valence electrons. The number of hydrogen-bond donors (Lipinski definition) is 0. The van der Waals surface area contributed by atoms with Crippen LogP contribution in [0.5, 0.6) is 5.75 Å². The number of benzene rings is 1. The first kappa shape index (κ1) is 16.3. The summed E-state index contributed by atoms with van der Waals surface area (Å²) in [6.07, 6.45) is 7.70. The Balaban J connectivity index is 1.35. The van der Waals surface area contributed by atoms with Crippen molar-refractivity contribution in [2.75, 3.05) is 32.9 Å². The minimum Gasteiger partial charge on any atom is -0.493 e. The van der Waals surface area contributed by atoms with Crippen molar-refractivity contribution in [2.45, 2.75) is 25.6 Å². The lowest BCUT2D eigenvalue weighted by Gasteiger charge is -2.30. The van der Waals surface area contributed by atoms with Crippen LogP contribution >= 0.6 is 0 Å². The molecule has 0 spiro atoms. The van der Waals surface area contributed by atoms with Crippen molar-refractivity contribution in [3.8, 4) is 5.75 Å². The normalized spacial score (nSPS) is 29.2. The number of amides is 1. The molecular formula is C21H25NO4. The third kappa shape index (κ3) is 3.03. The van der Waals surface area contributed by atoms with E-state index in [2.05, 4.69) is 12.2 Å². The average molecular weight is 355 g/mol. The van der Waals surface area contributed by atoms with Gasteiger partial charge in [0.25, 0.3) is 5.91 Å². The van der Waals surface area contributed by atoms with E-state index in [1.54, 1.807) is 0 Å². The van der Waals surface area contributed by atoms with Gasteiger partial charge < -0.3 is 19.1 Å². The fourth-order valence-corrected chi connectivity index (χ4v) is 4.82. The first-order chi connectivity index (χ1) is 12.8. The zero-order chi connectivity index (χ0) is 17.5. The first-order valence-corrected chi connectivity index (χ1v) is 9.73. The average Bonchev–Trinajstić information content (AvgIpc) is 3.43. The van der Waals surface area contributed by atoms with Crippen LogP contribution in [0.3, 0.4) is 0 Å². The molecule has 5 heteroatoms. The molecule has 0 N–H and O–H groups in total. The Labute approximate surface area is 153 Å². The van der Waals surface area contributed by atoms with Crippen molar-refractivity contribution in [1.82, 2.24) is 4.90 Å². The van der Waals surface area contributed by atoms with Crippen molar-refractivity contribution in [3.05, 3.63) is 41.5 Å². The van der Waals surface area contributed by atoms with Crippen LogP contribution in [0.1, 0.15) is 28.8 Å². The third-order valence-electron chi connectivity index (χ3n) is 6.16. The molecular weight excluding hydrogens is 330 g/mol. The topological polar surface area (TPSA) is 48.0 Å². The minimum absolute atomic E-state index is 0.0746. The third-order valence-corrected chi connectivity index (χ3v) is 6.16. The number of carbonyl (C=O) groups excluding carboxylic acids is 1. The van der Waals surface area contributed by atoms with Gasteiger partial charge in [-0.25, -0.2) is 0 Å². The second kappa shape index (κ2) is 6.71. The van der Waals surface area contributed by atoms with Gasteiger partial charge >= 0.3 is 0 Å². The predicted octanol–water partition coefficient (Wildman–Crippen LogP) is 2.65. The first-order valence-electron chi connectivity index (χ1n) is 9.73. The Morgan fingerprint density at radius 3 is 2.73 bits per heavy atom. The lowest BCUT2D eigenvalue weighted by atomic mass is 9.93. The van der Waals surface area contributed by atoms with E-state index < -0.39 is 0 Å². The van der Waals surface area contributed by atoms with Gasteiger partial charge in [0.15, 0.2) is 6.29 Å². The van der Waals surface area contributed by atoms with E-state index >= 15 is 0 Å². The molecule has 4 aliphatic rings. The van der Waals surface area contributed by atoms with E-state index in [4.69, 9.17) is 14.2 Å². The molecule has 1 saturated heterocycles. The Morgan fingerprint density at radius 2 is 1.96 bits per heavy atom. The van der Waals surface area contributed by atoms with Crippen LogP contribution in [0.15, 0.2) is 30.4 Å². The number of hydrogen-bond acceptors (Lipinski definition) is 4. The molecule has 5 nitrogen and oxygen atoms in total. The quantitative estimate of drug-likeness (QED) is 0.762. The van der Waals surface area contributed by atoms with Crippen molar-refractivity contribution >= 4 is 5.91 Å². The van der Waals surface area contributed by atoms with Gasteiger partial charge in [-0.15, -0.1) is 0 Å². The second-order valence-electron chi connectivity index (χ2n) is 7.84. The summed E-state index contributed by atoms with van der Waals surface area (Å²) in [5.74, 6) is 2.86. The fraction of sp³-hybridized carbons (Fsp3) is 0.571. The van der Waals surface area contributed by atoms with Gasteiger partial charge in [-0.05, 0) is 54.4 Å². The molecule has 2 aliphatic heterocycles. The number of ether oxygens (including phenoxy) is 3. The molecule has 1 saturated carbocycles. The van der Waals surface area contributed by atoms with Gasteiger partial charge in [0.1, 0.15) is 5.75 Å². The lowest BCUT2D eigenvalue weighted by molar-refractivity contribution is -0.0592. The summed E-state index contributed by atoms with van der Waals surface area (Å²) in [5.41, 5.74) is 1.87. The number of carbonyl (C=O) groups is 1. The maximum atomic E-state index is 13.3. The molecule has 1 aromatic carbocycles. The van der Waals surface area contributed by atoms with Crippen LogP contribution in [-0.4, -0.2) is 50.0 Å². The van der Waals surface area contributed by atoms with Gasteiger partial charge in [0.05, 0.1) is 26.4 Å². The van der Waals surface area contributed by atoms with E-state index in [1.165, 1.54) is 12.8 Å². The Kier molecular flexibility index (Phi) is 4.21. The van der Waals surface area contributed by atoms with Crippen molar-refractivity contribution in [2.24, 2.45) is 17.8 Å². The van der Waals surface area contributed by atoms with Crippen LogP contribution in [0.25, 0.3) is 0 Å². The molecule has 1 aromatic rings.